The molecule has 0 saturated carbocycles. The molecule has 0 aromatic carbocycles. The summed E-state index contributed by atoms with van der Waals surface area (Å²) in [5, 5.41) is 5.27. The van der Waals surface area contributed by atoms with Gasteiger partial charge in [-0.25, -0.2) is 0 Å². The van der Waals surface area contributed by atoms with Gasteiger partial charge in [0, 0.05) is 13.0 Å². The Balaban J connectivity index is 2.15. The van der Waals surface area contributed by atoms with Crippen molar-refractivity contribution in [3.8, 4) is 0 Å². The Morgan fingerprint density at radius 3 is 2.85 bits per heavy atom. The van der Waals surface area contributed by atoms with Crippen molar-refractivity contribution in [3.63, 3.8) is 0 Å². The highest BCUT2D eigenvalue weighted by atomic mass is 35.5. The van der Waals surface area contributed by atoms with E-state index < -0.39 is 0 Å². The lowest BCUT2D eigenvalue weighted by molar-refractivity contribution is -0.101. The van der Waals surface area contributed by atoms with E-state index in [2.05, 4.69) is 24.4 Å². The van der Waals surface area contributed by atoms with Crippen LogP contribution in [0, 0.1) is 0 Å². The Labute approximate surface area is 124 Å². The average molecular weight is 303 g/mol. The zero-order chi connectivity index (χ0) is 14.5. The van der Waals surface area contributed by atoms with Crippen LogP contribution in [0.25, 0.3) is 0 Å². The van der Waals surface area contributed by atoms with Gasteiger partial charge in [-0.1, -0.05) is 18.5 Å². The molecule has 2 unspecified atom stereocenters. The van der Waals surface area contributed by atoms with Gasteiger partial charge in [0.15, 0.2) is 0 Å². The van der Waals surface area contributed by atoms with E-state index in [9.17, 15) is 0 Å². The van der Waals surface area contributed by atoms with Crippen LogP contribution in [-0.2, 0) is 28.9 Å². The minimum Gasteiger partial charge on any atom is -0.376 e. The first-order valence-electron chi connectivity index (χ1n) is 7.10. The summed E-state index contributed by atoms with van der Waals surface area (Å²) in [5.41, 5.74) is 4.75. The number of hydrogen-bond donors (Lipinski definition) is 2. The Hall–Kier alpha value is -0.660. The second kappa shape index (κ2) is 7.38. The molecule has 0 spiro atoms. The summed E-state index contributed by atoms with van der Waals surface area (Å²) in [4.78, 5) is 0. The molecule has 1 fully saturated rings. The largest absolute Gasteiger partial charge is 0.376 e. The second-order valence-electron chi connectivity index (χ2n) is 4.84. The van der Waals surface area contributed by atoms with Gasteiger partial charge in [0.2, 0.25) is 0 Å². The normalized spacial score (nSPS) is 21.1. The predicted octanol–water partition coefficient (Wildman–Crippen LogP) is 0.909. The van der Waals surface area contributed by atoms with Crippen molar-refractivity contribution in [2.75, 3.05) is 19.8 Å². The fraction of sp³-hybridized carbons (Fsp3) is 0.769. The monoisotopic (exact) mass is 302 g/mol. The van der Waals surface area contributed by atoms with Crippen molar-refractivity contribution in [1.82, 2.24) is 15.2 Å². The van der Waals surface area contributed by atoms with Crippen LogP contribution < -0.4 is 11.3 Å². The maximum Gasteiger partial charge on any atom is 0.0979 e. The number of nitrogens with zero attached hydrogens (tertiary/aromatic N) is 2. The lowest BCUT2D eigenvalue weighted by Gasteiger charge is -2.30. The van der Waals surface area contributed by atoms with E-state index in [0.717, 1.165) is 29.4 Å². The number of aryl methyl sites for hydroxylation is 2. The van der Waals surface area contributed by atoms with E-state index in [1.807, 2.05) is 4.68 Å². The van der Waals surface area contributed by atoms with E-state index in [-0.39, 0.29) is 12.1 Å². The highest BCUT2D eigenvalue weighted by molar-refractivity contribution is 6.31. The number of hydrogen-bond acceptors (Lipinski definition) is 5. The molecule has 2 atom stereocenters. The lowest BCUT2D eigenvalue weighted by Crippen LogP contribution is -2.50. The van der Waals surface area contributed by atoms with Gasteiger partial charge in [-0.2, -0.15) is 5.10 Å². The molecule has 1 aliphatic heterocycles. The molecule has 7 heteroatoms. The van der Waals surface area contributed by atoms with Crippen molar-refractivity contribution in [3.05, 3.63) is 16.4 Å². The van der Waals surface area contributed by atoms with Crippen molar-refractivity contribution >= 4 is 11.6 Å². The third-order valence-electron chi connectivity index (χ3n) is 3.61. The molecule has 1 saturated heterocycles. The van der Waals surface area contributed by atoms with Crippen LogP contribution in [0.15, 0.2) is 0 Å². The smallest absolute Gasteiger partial charge is 0.0979 e. The maximum absolute atomic E-state index is 6.42. The van der Waals surface area contributed by atoms with E-state index in [1.54, 1.807) is 0 Å². The van der Waals surface area contributed by atoms with E-state index in [1.165, 1.54) is 0 Å². The van der Waals surface area contributed by atoms with Crippen molar-refractivity contribution < 1.29 is 9.47 Å². The summed E-state index contributed by atoms with van der Waals surface area (Å²) in [6.45, 7) is 6.68. The first-order valence-corrected chi connectivity index (χ1v) is 7.48. The molecule has 1 aromatic rings. The Morgan fingerprint density at radius 2 is 2.30 bits per heavy atom. The van der Waals surface area contributed by atoms with Crippen LogP contribution >= 0.6 is 11.6 Å². The molecule has 0 bridgehead atoms. The molecular formula is C13H23ClN4O2. The van der Waals surface area contributed by atoms with Gasteiger partial charge in [0.25, 0.3) is 0 Å². The van der Waals surface area contributed by atoms with Gasteiger partial charge in [-0.15, -0.1) is 0 Å². The molecule has 1 aromatic heterocycles. The number of aromatic nitrogens is 2. The number of nitrogens with one attached hydrogen (secondary N) is 1. The van der Waals surface area contributed by atoms with Crippen molar-refractivity contribution in [1.29, 1.82) is 0 Å². The highest BCUT2D eigenvalue weighted by Crippen LogP contribution is 2.24. The molecular weight excluding hydrogens is 280 g/mol. The van der Waals surface area contributed by atoms with E-state index in [4.69, 9.17) is 26.9 Å². The SMILES string of the molecule is CCc1nn(CC)c(CC(NN)C2COCCO2)c1Cl. The Morgan fingerprint density at radius 1 is 1.50 bits per heavy atom. The molecule has 20 heavy (non-hydrogen) atoms. The number of rotatable bonds is 6. The summed E-state index contributed by atoms with van der Waals surface area (Å²) < 4.78 is 13.1. The van der Waals surface area contributed by atoms with Crippen molar-refractivity contribution in [2.45, 2.75) is 45.4 Å². The molecule has 114 valence electrons. The topological polar surface area (TPSA) is 74.3 Å². The Kier molecular flexibility index (Phi) is 5.80. The van der Waals surface area contributed by atoms with Gasteiger partial charge in [0.05, 0.1) is 48.4 Å². The number of ether oxygens (including phenoxy) is 2. The average Bonchev–Trinajstić information content (AvgIpc) is 2.81. The number of halogens is 1. The zero-order valence-electron chi connectivity index (χ0n) is 12.1. The van der Waals surface area contributed by atoms with E-state index >= 15 is 0 Å². The van der Waals surface area contributed by atoms with Crippen LogP contribution in [0.2, 0.25) is 5.02 Å². The second-order valence-corrected chi connectivity index (χ2v) is 5.22. The zero-order valence-corrected chi connectivity index (χ0v) is 12.8. The first-order chi connectivity index (χ1) is 9.71. The molecule has 2 heterocycles. The molecule has 0 amide bonds. The van der Waals surface area contributed by atoms with Gasteiger partial charge in [0.1, 0.15) is 0 Å². The molecule has 3 N–H and O–H groups in total. The van der Waals surface area contributed by atoms with Gasteiger partial charge in [-0.05, 0) is 13.3 Å². The summed E-state index contributed by atoms with van der Waals surface area (Å²) >= 11 is 6.42. The third-order valence-corrected chi connectivity index (χ3v) is 4.05. The first kappa shape index (κ1) is 15.7. The number of nitrogens with two attached hydrogens (primary N) is 1. The van der Waals surface area contributed by atoms with Crippen LogP contribution in [0.3, 0.4) is 0 Å². The molecule has 6 nitrogen and oxygen atoms in total. The lowest BCUT2D eigenvalue weighted by atomic mass is 10.1. The molecule has 0 aliphatic carbocycles. The van der Waals surface area contributed by atoms with Crippen LogP contribution in [0.1, 0.15) is 25.2 Å². The van der Waals surface area contributed by atoms with Gasteiger partial charge in [-0.3, -0.25) is 16.0 Å². The Bertz CT molecular complexity index is 432. The minimum absolute atomic E-state index is 0.0421. The standard InChI is InChI=1S/C13H23ClN4O2/c1-3-9-13(14)11(18(4-2)17-9)7-10(16-15)12-8-19-5-6-20-12/h10,12,16H,3-8,15H2,1-2H3. The van der Waals surface area contributed by atoms with Gasteiger partial charge < -0.3 is 9.47 Å². The summed E-state index contributed by atoms with van der Waals surface area (Å²) in [7, 11) is 0. The number of hydrazine groups is 1. The minimum atomic E-state index is -0.0601. The quantitative estimate of drug-likeness (QED) is 0.603. The van der Waals surface area contributed by atoms with Crippen LogP contribution in [0.5, 0.6) is 0 Å². The fourth-order valence-electron chi connectivity index (χ4n) is 2.46. The highest BCUT2D eigenvalue weighted by Gasteiger charge is 2.27. The molecule has 2 rings (SSSR count). The predicted molar refractivity (Wildman–Crippen MR) is 77.7 cm³/mol. The molecule has 0 radical (unpaired) electrons. The summed E-state index contributed by atoms with van der Waals surface area (Å²) in [6.07, 6.45) is 1.43. The van der Waals surface area contributed by atoms with Crippen LogP contribution in [-0.4, -0.2) is 41.7 Å². The van der Waals surface area contributed by atoms with Crippen molar-refractivity contribution in [2.24, 2.45) is 5.84 Å². The van der Waals surface area contributed by atoms with Crippen LogP contribution in [0.4, 0.5) is 0 Å². The summed E-state index contributed by atoms with van der Waals surface area (Å²) in [6, 6.07) is -0.0421. The molecule has 1 aliphatic rings. The van der Waals surface area contributed by atoms with E-state index in [0.29, 0.717) is 26.2 Å². The maximum atomic E-state index is 6.42. The fourth-order valence-corrected chi connectivity index (χ4v) is 2.80. The summed E-state index contributed by atoms with van der Waals surface area (Å²) in [5.74, 6) is 5.67. The third kappa shape index (κ3) is 3.32. The van der Waals surface area contributed by atoms with Gasteiger partial charge >= 0.3 is 0 Å².